The number of likely N-dealkylation sites (N-methyl/N-ethyl adjacent to an activating group) is 1. The van der Waals surface area contributed by atoms with Crippen molar-refractivity contribution in [3.63, 3.8) is 0 Å². The molecule has 0 saturated heterocycles. The normalized spacial score (nSPS) is 10.6. The van der Waals surface area contributed by atoms with Gasteiger partial charge in [-0.3, -0.25) is 0 Å². The molecular weight excluding hydrogens is 212 g/mol. The summed E-state index contributed by atoms with van der Waals surface area (Å²) in [5, 5.41) is 11.3. The highest BCUT2D eigenvalue weighted by molar-refractivity contribution is 6.32. The molecule has 0 atom stereocenters. The van der Waals surface area contributed by atoms with E-state index < -0.39 is 22.4 Å². The van der Waals surface area contributed by atoms with Crippen molar-refractivity contribution in [3.05, 3.63) is 28.3 Å². The first-order valence-corrected chi connectivity index (χ1v) is 4.45. The standard InChI is InChI=1S/C9H10ClF2NO/c1-13-3-2-5-6(11)4-7(14)8(10)9(5)12/h4,13-14H,2-3H2,1H3. The van der Waals surface area contributed by atoms with Gasteiger partial charge in [0, 0.05) is 11.6 Å². The molecule has 0 spiro atoms. The van der Waals surface area contributed by atoms with E-state index in [1.165, 1.54) is 0 Å². The molecule has 0 radical (unpaired) electrons. The molecular formula is C9H10ClF2NO. The van der Waals surface area contributed by atoms with Crippen LogP contribution in [0.25, 0.3) is 0 Å². The first-order chi connectivity index (χ1) is 6.57. The topological polar surface area (TPSA) is 32.3 Å². The molecule has 1 aromatic carbocycles. The second-order valence-corrected chi connectivity index (χ2v) is 3.22. The summed E-state index contributed by atoms with van der Waals surface area (Å²) in [6.45, 7) is 0.439. The first-order valence-electron chi connectivity index (χ1n) is 4.08. The van der Waals surface area contributed by atoms with Crippen LogP contribution in [0.1, 0.15) is 5.56 Å². The largest absolute Gasteiger partial charge is 0.506 e. The Bertz CT molecular complexity index is 344. The summed E-state index contributed by atoms with van der Waals surface area (Å²) in [5.74, 6) is -2.24. The summed E-state index contributed by atoms with van der Waals surface area (Å²) >= 11 is 5.42. The smallest absolute Gasteiger partial charge is 0.151 e. The molecule has 2 N–H and O–H groups in total. The van der Waals surface area contributed by atoms with Crippen LogP contribution in [-0.4, -0.2) is 18.7 Å². The van der Waals surface area contributed by atoms with Gasteiger partial charge in [-0.05, 0) is 20.0 Å². The van der Waals surface area contributed by atoms with Gasteiger partial charge in [0.25, 0.3) is 0 Å². The molecule has 1 rings (SSSR count). The van der Waals surface area contributed by atoms with Crippen LogP contribution in [0.15, 0.2) is 6.07 Å². The van der Waals surface area contributed by atoms with Crippen molar-refractivity contribution in [2.75, 3.05) is 13.6 Å². The highest BCUT2D eigenvalue weighted by Crippen LogP contribution is 2.30. The molecule has 2 nitrogen and oxygen atoms in total. The van der Waals surface area contributed by atoms with Crippen molar-refractivity contribution in [2.45, 2.75) is 6.42 Å². The van der Waals surface area contributed by atoms with Crippen LogP contribution >= 0.6 is 11.6 Å². The highest BCUT2D eigenvalue weighted by Gasteiger charge is 2.16. The highest BCUT2D eigenvalue weighted by atomic mass is 35.5. The number of nitrogens with one attached hydrogen (secondary N) is 1. The predicted octanol–water partition coefficient (Wildman–Crippen LogP) is 2.09. The molecule has 14 heavy (non-hydrogen) atoms. The van der Waals surface area contributed by atoms with Crippen molar-refractivity contribution < 1.29 is 13.9 Å². The SMILES string of the molecule is CNCCc1c(F)cc(O)c(Cl)c1F. The molecule has 0 aliphatic rings. The second-order valence-electron chi connectivity index (χ2n) is 2.84. The van der Waals surface area contributed by atoms with E-state index in [1.54, 1.807) is 7.05 Å². The lowest BCUT2D eigenvalue weighted by molar-refractivity contribution is 0.456. The van der Waals surface area contributed by atoms with Gasteiger partial charge in [0.2, 0.25) is 0 Å². The lowest BCUT2D eigenvalue weighted by Crippen LogP contribution is -2.12. The van der Waals surface area contributed by atoms with E-state index in [0.717, 1.165) is 6.07 Å². The van der Waals surface area contributed by atoms with Crippen molar-refractivity contribution in [1.82, 2.24) is 5.32 Å². The van der Waals surface area contributed by atoms with Crippen LogP contribution in [0, 0.1) is 11.6 Å². The maximum absolute atomic E-state index is 13.3. The molecule has 0 unspecified atom stereocenters. The summed E-state index contributed by atoms with van der Waals surface area (Å²) in [4.78, 5) is 0. The number of halogens is 3. The van der Waals surface area contributed by atoms with Crippen molar-refractivity contribution in [3.8, 4) is 5.75 Å². The fourth-order valence-corrected chi connectivity index (χ4v) is 1.27. The van der Waals surface area contributed by atoms with Gasteiger partial charge in [0.15, 0.2) is 5.82 Å². The fourth-order valence-electron chi connectivity index (χ4n) is 1.10. The van der Waals surface area contributed by atoms with Gasteiger partial charge in [0.05, 0.1) is 0 Å². The summed E-state index contributed by atoms with van der Waals surface area (Å²) < 4.78 is 26.4. The van der Waals surface area contributed by atoms with Gasteiger partial charge in [-0.2, -0.15) is 0 Å². The average Bonchev–Trinajstić information content (AvgIpc) is 2.14. The Morgan fingerprint density at radius 3 is 2.71 bits per heavy atom. The number of hydrogen-bond donors (Lipinski definition) is 2. The van der Waals surface area contributed by atoms with Crippen LogP contribution in [0.5, 0.6) is 5.75 Å². The zero-order chi connectivity index (χ0) is 10.7. The van der Waals surface area contributed by atoms with E-state index in [2.05, 4.69) is 5.32 Å². The summed E-state index contributed by atoms with van der Waals surface area (Å²) in [6.07, 6.45) is 0.189. The van der Waals surface area contributed by atoms with E-state index in [4.69, 9.17) is 16.7 Å². The summed E-state index contributed by atoms with van der Waals surface area (Å²) in [6, 6.07) is 0.816. The molecule has 0 aliphatic heterocycles. The Kier molecular flexibility index (Phi) is 3.66. The molecule has 0 saturated carbocycles. The fraction of sp³-hybridized carbons (Fsp3) is 0.333. The quantitative estimate of drug-likeness (QED) is 0.766. The molecule has 0 amide bonds. The number of benzene rings is 1. The summed E-state index contributed by atoms with van der Waals surface area (Å²) in [5.41, 5.74) is -0.109. The monoisotopic (exact) mass is 221 g/mol. The van der Waals surface area contributed by atoms with E-state index in [1.807, 2.05) is 0 Å². The third-order valence-corrected chi connectivity index (χ3v) is 2.22. The van der Waals surface area contributed by atoms with E-state index in [-0.39, 0.29) is 12.0 Å². The van der Waals surface area contributed by atoms with Crippen molar-refractivity contribution in [2.24, 2.45) is 0 Å². The van der Waals surface area contributed by atoms with Gasteiger partial charge in [-0.1, -0.05) is 11.6 Å². The zero-order valence-electron chi connectivity index (χ0n) is 7.57. The van der Waals surface area contributed by atoms with Gasteiger partial charge in [-0.25, -0.2) is 8.78 Å². The predicted molar refractivity (Wildman–Crippen MR) is 50.7 cm³/mol. The lowest BCUT2D eigenvalue weighted by Gasteiger charge is -2.07. The number of phenols is 1. The molecule has 0 fully saturated rings. The molecule has 78 valence electrons. The lowest BCUT2D eigenvalue weighted by atomic mass is 10.1. The van der Waals surface area contributed by atoms with Crippen LogP contribution in [0.2, 0.25) is 5.02 Å². The molecule has 0 aliphatic carbocycles. The molecule has 1 aromatic rings. The van der Waals surface area contributed by atoms with Crippen LogP contribution in [0.4, 0.5) is 8.78 Å². The van der Waals surface area contributed by atoms with Crippen molar-refractivity contribution in [1.29, 1.82) is 0 Å². The summed E-state index contributed by atoms with van der Waals surface area (Å²) in [7, 11) is 1.68. The Balaban J connectivity index is 3.09. The Hall–Kier alpha value is -0.870. The minimum atomic E-state index is -0.889. The second kappa shape index (κ2) is 4.57. The Labute approximate surface area is 85.5 Å². The van der Waals surface area contributed by atoms with Crippen LogP contribution in [-0.2, 0) is 6.42 Å². The maximum Gasteiger partial charge on any atom is 0.151 e. The number of aromatic hydroxyl groups is 1. The minimum Gasteiger partial charge on any atom is -0.506 e. The van der Waals surface area contributed by atoms with Gasteiger partial charge < -0.3 is 10.4 Å². The number of hydrogen-bond acceptors (Lipinski definition) is 2. The minimum absolute atomic E-state index is 0.109. The average molecular weight is 222 g/mol. The third-order valence-electron chi connectivity index (χ3n) is 1.86. The van der Waals surface area contributed by atoms with Crippen molar-refractivity contribution >= 4 is 11.6 Å². The van der Waals surface area contributed by atoms with Crippen LogP contribution in [0.3, 0.4) is 0 Å². The Morgan fingerprint density at radius 2 is 2.14 bits per heavy atom. The molecule has 0 aromatic heterocycles. The van der Waals surface area contributed by atoms with Gasteiger partial charge >= 0.3 is 0 Å². The van der Waals surface area contributed by atoms with Gasteiger partial charge in [-0.15, -0.1) is 0 Å². The molecule has 5 heteroatoms. The molecule has 0 bridgehead atoms. The zero-order valence-corrected chi connectivity index (χ0v) is 8.33. The third kappa shape index (κ3) is 2.13. The Morgan fingerprint density at radius 1 is 1.50 bits per heavy atom. The number of rotatable bonds is 3. The first kappa shape index (κ1) is 11.2. The van der Waals surface area contributed by atoms with Gasteiger partial charge in [0.1, 0.15) is 16.6 Å². The maximum atomic E-state index is 13.3. The van der Waals surface area contributed by atoms with Crippen LogP contribution < -0.4 is 5.32 Å². The van der Waals surface area contributed by atoms with E-state index in [0.29, 0.717) is 6.54 Å². The van der Waals surface area contributed by atoms with E-state index >= 15 is 0 Å². The molecule has 0 heterocycles. The van der Waals surface area contributed by atoms with E-state index in [9.17, 15) is 8.78 Å². The number of phenolic OH excluding ortho intramolecular Hbond substituents is 1.